The first-order valence-corrected chi connectivity index (χ1v) is 9.45. The van der Waals surface area contributed by atoms with Crippen LogP contribution in [-0.4, -0.2) is 30.4 Å². The molecule has 2 amide bonds. The minimum atomic E-state index is -0.621. The van der Waals surface area contributed by atoms with Crippen LogP contribution < -0.4 is 10.2 Å². The number of para-hydroxylation sites is 1. The predicted molar refractivity (Wildman–Crippen MR) is 112 cm³/mol. The molecule has 7 nitrogen and oxygen atoms in total. The van der Waals surface area contributed by atoms with Crippen molar-refractivity contribution in [1.29, 1.82) is 0 Å². The van der Waals surface area contributed by atoms with Crippen LogP contribution in [-0.2, 0) is 9.53 Å². The van der Waals surface area contributed by atoms with Crippen molar-refractivity contribution < 1.29 is 23.5 Å². The number of hydrogen-bond acceptors (Lipinski definition) is 5. The number of carbonyl (C=O) groups is 3. The van der Waals surface area contributed by atoms with E-state index in [0.29, 0.717) is 5.69 Å². The van der Waals surface area contributed by atoms with Crippen molar-refractivity contribution >= 4 is 29.2 Å². The average Bonchev–Trinajstić information content (AvgIpc) is 3.28. The molecule has 0 aliphatic carbocycles. The Labute approximate surface area is 174 Å². The number of anilines is 2. The fourth-order valence-electron chi connectivity index (χ4n) is 2.89. The number of nitrogens with zero attached hydrogens (tertiary/aromatic N) is 1. The minimum Gasteiger partial charge on any atom is -0.459 e. The number of carbonyl (C=O) groups excluding carboxylic acids is 3. The number of benzene rings is 2. The van der Waals surface area contributed by atoms with Gasteiger partial charge in [0.1, 0.15) is 0 Å². The highest BCUT2D eigenvalue weighted by atomic mass is 16.5. The maximum atomic E-state index is 12.6. The number of amides is 2. The zero-order chi connectivity index (χ0) is 21.5. The summed E-state index contributed by atoms with van der Waals surface area (Å²) in [6.07, 6.45) is 1.41. The quantitative estimate of drug-likeness (QED) is 0.596. The summed E-state index contributed by atoms with van der Waals surface area (Å²) in [6, 6.07) is 18.5. The second kappa shape index (κ2) is 9.56. The van der Waals surface area contributed by atoms with Gasteiger partial charge in [-0.3, -0.25) is 9.59 Å². The zero-order valence-corrected chi connectivity index (χ0v) is 16.7. The SMILES string of the molecule is CC(C)N(C(=O)COC(=O)c1ccc(NC(=O)c2ccco2)cc1)c1ccccc1. The van der Waals surface area contributed by atoms with Crippen molar-refractivity contribution in [3.63, 3.8) is 0 Å². The maximum Gasteiger partial charge on any atom is 0.338 e. The van der Waals surface area contributed by atoms with Crippen LogP contribution in [0.4, 0.5) is 11.4 Å². The van der Waals surface area contributed by atoms with Gasteiger partial charge in [0.15, 0.2) is 12.4 Å². The molecule has 0 bridgehead atoms. The summed E-state index contributed by atoms with van der Waals surface area (Å²) in [4.78, 5) is 38.5. The molecule has 7 heteroatoms. The Kier molecular flexibility index (Phi) is 6.64. The molecule has 0 aliphatic rings. The molecule has 0 unspecified atom stereocenters. The lowest BCUT2D eigenvalue weighted by atomic mass is 10.2. The van der Waals surface area contributed by atoms with Crippen molar-refractivity contribution in [3.05, 3.63) is 84.3 Å². The zero-order valence-electron chi connectivity index (χ0n) is 16.7. The normalized spacial score (nSPS) is 10.5. The highest BCUT2D eigenvalue weighted by Crippen LogP contribution is 2.17. The summed E-state index contributed by atoms with van der Waals surface area (Å²) in [5, 5.41) is 2.66. The largest absolute Gasteiger partial charge is 0.459 e. The monoisotopic (exact) mass is 406 g/mol. The Hall–Kier alpha value is -3.87. The number of hydrogen-bond donors (Lipinski definition) is 1. The summed E-state index contributed by atoms with van der Waals surface area (Å²) >= 11 is 0. The standard InChI is InChI=1S/C23H22N2O5/c1-16(2)25(19-7-4-3-5-8-19)21(26)15-30-23(28)17-10-12-18(13-11-17)24-22(27)20-9-6-14-29-20/h3-14,16H,15H2,1-2H3,(H,24,27). The molecule has 1 aromatic heterocycles. The van der Waals surface area contributed by atoms with Crippen molar-refractivity contribution in [1.82, 2.24) is 0 Å². The molecule has 0 saturated carbocycles. The molecule has 154 valence electrons. The van der Waals surface area contributed by atoms with Gasteiger partial charge < -0.3 is 19.4 Å². The molecule has 0 radical (unpaired) electrons. The van der Waals surface area contributed by atoms with Gasteiger partial charge in [0, 0.05) is 17.4 Å². The number of furan rings is 1. The molecular formula is C23H22N2O5. The molecule has 3 rings (SSSR count). The van der Waals surface area contributed by atoms with Crippen molar-refractivity contribution in [2.45, 2.75) is 19.9 Å². The molecule has 0 spiro atoms. The van der Waals surface area contributed by atoms with Gasteiger partial charge >= 0.3 is 5.97 Å². The van der Waals surface area contributed by atoms with Gasteiger partial charge in [-0.15, -0.1) is 0 Å². The van der Waals surface area contributed by atoms with Gasteiger partial charge in [0.05, 0.1) is 11.8 Å². The molecule has 2 aromatic carbocycles. The van der Waals surface area contributed by atoms with Gasteiger partial charge in [-0.1, -0.05) is 18.2 Å². The maximum absolute atomic E-state index is 12.6. The minimum absolute atomic E-state index is 0.0874. The topological polar surface area (TPSA) is 88.9 Å². The molecular weight excluding hydrogens is 384 g/mol. The van der Waals surface area contributed by atoms with E-state index in [0.717, 1.165) is 5.69 Å². The summed E-state index contributed by atoms with van der Waals surface area (Å²) < 4.78 is 10.2. The van der Waals surface area contributed by atoms with E-state index in [2.05, 4.69) is 5.32 Å². The van der Waals surface area contributed by atoms with E-state index in [1.807, 2.05) is 44.2 Å². The fraction of sp³-hybridized carbons (Fsp3) is 0.174. The molecule has 0 saturated heterocycles. The highest BCUT2D eigenvalue weighted by Gasteiger charge is 2.20. The van der Waals surface area contributed by atoms with Gasteiger partial charge in [0.2, 0.25) is 0 Å². The van der Waals surface area contributed by atoms with E-state index in [1.165, 1.54) is 18.4 Å². The van der Waals surface area contributed by atoms with Crippen LogP contribution in [0, 0.1) is 0 Å². The Balaban J connectivity index is 1.57. The van der Waals surface area contributed by atoms with Crippen molar-refractivity contribution in [2.24, 2.45) is 0 Å². The van der Waals surface area contributed by atoms with Gasteiger partial charge in [0.25, 0.3) is 11.8 Å². The first-order chi connectivity index (χ1) is 14.5. The third kappa shape index (κ3) is 5.14. The van der Waals surface area contributed by atoms with Crippen LogP contribution in [0.5, 0.6) is 0 Å². The van der Waals surface area contributed by atoms with Crippen LogP contribution in [0.2, 0.25) is 0 Å². The van der Waals surface area contributed by atoms with E-state index in [4.69, 9.17) is 9.15 Å². The lowest BCUT2D eigenvalue weighted by Crippen LogP contribution is -2.39. The summed E-state index contributed by atoms with van der Waals surface area (Å²) in [6.45, 7) is 3.41. The molecule has 3 aromatic rings. The highest BCUT2D eigenvalue weighted by molar-refractivity contribution is 6.02. The molecule has 0 atom stereocenters. The lowest BCUT2D eigenvalue weighted by Gasteiger charge is -2.26. The summed E-state index contributed by atoms with van der Waals surface area (Å²) in [5.41, 5.74) is 1.51. The Morgan fingerprint density at radius 2 is 1.67 bits per heavy atom. The lowest BCUT2D eigenvalue weighted by molar-refractivity contribution is -0.122. The molecule has 0 aliphatic heterocycles. The van der Waals surface area contributed by atoms with Crippen LogP contribution in [0.15, 0.2) is 77.4 Å². The predicted octanol–water partition coefficient (Wildman–Crippen LogP) is 4.13. The van der Waals surface area contributed by atoms with Crippen LogP contribution >= 0.6 is 0 Å². The van der Waals surface area contributed by atoms with E-state index < -0.39 is 11.9 Å². The molecule has 1 N–H and O–H groups in total. The van der Waals surface area contributed by atoms with Gasteiger partial charge in [-0.25, -0.2) is 4.79 Å². The fourth-order valence-corrected chi connectivity index (χ4v) is 2.89. The van der Waals surface area contributed by atoms with E-state index in [9.17, 15) is 14.4 Å². The Morgan fingerprint density at radius 3 is 2.27 bits per heavy atom. The summed E-state index contributed by atoms with van der Waals surface area (Å²) in [5.74, 6) is -1.14. The number of nitrogens with one attached hydrogen (secondary N) is 1. The summed E-state index contributed by atoms with van der Waals surface area (Å²) in [7, 11) is 0. The van der Waals surface area contributed by atoms with Crippen LogP contribution in [0.3, 0.4) is 0 Å². The molecule has 0 fully saturated rings. The van der Waals surface area contributed by atoms with E-state index >= 15 is 0 Å². The van der Waals surface area contributed by atoms with E-state index in [-0.39, 0.29) is 29.9 Å². The van der Waals surface area contributed by atoms with Crippen LogP contribution in [0.1, 0.15) is 34.8 Å². The molecule has 30 heavy (non-hydrogen) atoms. The third-order valence-corrected chi connectivity index (χ3v) is 4.27. The molecule has 1 heterocycles. The smallest absolute Gasteiger partial charge is 0.338 e. The second-order valence-electron chi connectivity index (χ2n) is 6.78. The van der Waals surface area contributed by atoms with Gasteiger partial charge in [-0.2, -0.15) is 0 Å². The number of esters is 1. The average molecular weight is 406 g/mol. The second-order valence-corrected chi connectivity index (χ2v) is 6.78. The number of rotatable bonds is 7. The van der Waals surface area contributed by atoms with Crippen molar-refractivity contribution in [3.8, 4) is 0 Å². The number of ether oxygens (including phenoxy) is 1. The van der Waals surface area contributed by atoms with Crippen LogP contribution in [0.25, 0.3) is 0 Å². The van der Waals surface area contributed by atoms with E-state index in [1.54, 1.807) is 29.2 Å². The Morgan fingerprint density at radius 1 is 0.967 bits per heavy atom. The third-order valence-electron chi connectivity index (χ3n) is 4.27. The first kappa shape index (κ1) is 20.9. The van der Waals surface area contributed by atoms with Crippen molar-refractivity contribution in [2.75, 3.05) is 16.8 Å². The Bertz CT molecular complexity index is 996. The van der Waals surface area contributed by atoms with Gasteiger partial charge in [-0.05, 0) is 62.4 Å². The first-order valence-electron chi connectivity index (χ1n) is 9.45.